The minimum Gasteiger partial charge on any atom is -0.393 e. The number of aliphatic hydroxyl groups excluding tert-OH is 1. The van der Waals surface area contributed by atoms with Gasteiger partial charge in [0.2, 0.25) is 0 Å². The van der Waals surface area contributed by atoms with Gasteiger partial charge in [0.05, 0.1) is 25.0 Å². The van der Waals surface area contributed by atoms with Gasteiger partial charge in [-0.1, -0.05) is 25.5 Å². The molecule has 4 rings (SSSR count). The number of ketones is 1. The number of aliphatic hydroxyl groups is 1. The van der Waals surface area contributed by atoms with Crippen molar-refractivity contribution >= 4 is 13.4 Å². The zero-order valence-corrected chi connectivity index (χ0v) is 20.8. The summed E-state index contributed by atoms with van der Waals surface area (Å²) in [6, 6.07) is 0. The largest absolute Gasteiger partial charge is 0.393 e. The monoisotopic (exact) mass is 452 g/mol. The molecule has 5 nitrogen and oxygen atoms in total. The molecule has 3 saturated carbocycles. The number of Topliss-reactive ketones (excluding diaryl/α,β-unsaturated/α-hetero) is 1. The molecule has 0 aromatic carbocycles. The van der Waals surface area contributed by atoms with Gasteiger partial charge >= 0.3 is 7.60 Å². The van der Waals surface area contributed by atoms with Crippen molar-refractivity contribution in [1.82, 2.24) is 0 Å². The number of allylic oxidation sites excluding steroid dienone is 1. The molecular weight excluding hydrogens is 411 g/mol. The summed E-state index contributed by atoms with van der Waals surface area (Å²) in [6.07, 6.45) is 8.78. The number of carbonyl (C=O) groups is 1. The van der Waals surface area contributed by atoms with Crippen LogP contribution >= 0.6 is 7.60 Å². The number of hydrogen-bond acceptors (Lipinski definition) is 5. The lowest BCUT2D eigenvalue weighted by Gasteiger charge is -2.57. The molecule has 31 heavy (non-hydrogen) atoms. The Hall–Kier alpha value is -0.480. The molecule has 0 spiro atoms. The van der Waals surface area contributed by atoms with E-state index >= 15 is 0 Å². The third-order valence-corrected chi connectivity index (χ3v) is 12.1. The first kappa shape index (κ1) is 23.7. The summed E-state index contributed by atoms with van der Waals surface area (Å²) in [5.74, 6) is 1.27. The van der Waals surface area contributed by atoms with Crippen LogP contribution in [0.4, 0.5) is 0 Å². The van der Waals surface area contributed by atoms with Crippen molar-refractivity contribution in [3.05, 3.63) is 11.6 Å². The summed E-state index contributed by atoms with van der Waals surface area (Å²) in [5.41, 5.74) is 1.10. The fourth-order valence-corrected chi connectivity index (χ4v) is 10.9. The quantitative estimate of drug-likeness (QED) is 0.410. The van der Waals surface area contributed by atoms with E-state index in [9.17, 15) is 14.5 Å². The van der Waals surface area contributed by atoms with Crippen LogP contribution in [-0.4, -0.2) is 35.9 Å². The average molecular weight is 453 g/mol. The van der Waals surface area contributed by atoms with Gasteiger partial charge in [-0.2, -0.15) is 0 Å². The Labute approximate surface area is 187 Å². The van der Waals surface area contributed by atoms with Gasteiger partial charge < -0.3 is 14.2 Å². The van der Waals surface area contributed by atoms with Gasteiger partial charge in [-0.15, -0.1) is 0 Å². The molecule has 0 aromatic rings. The van der Waals surface area contributed by atoms with Crippen LogP contribution in [0.1, 0.15) is 79.6 Å². The molecule has 1 N–H and O–H groups in total. The third kappa shape index (κ3) is 3.63. The van der Waals surface area contributed by atoms with Crippen LogP contribution in [0.5, 0.6) is 0 Å². The summed E-state index contributed by atoms with van der Waals surface area (Å²) in [5, 5.41) is 10.2. The molecular formula is C25H41O5P. The van der Waals surface area contributed by atoms with E-state index in [1.54, 1.807) is 6.92 Å². The standard InChI is InChI=1S/C25H41O5P/c1-6-29-31(28,30-7-2)22-15-21-19-9-8-17-14-18(27)10-12-24(17,4)20(19)11-13-25(21,5)23(22)16(3)26/h8,18-23,27H,6-7,9-15H2,1-5H3/t18-,19-,20+,21+,22-,23+,24+,25+/m1/s1. The number of fused-ring (bicyclic) bond motifs is 5. The third-order valence-electron chi connectivity index (χ3n) is 9.57. The van der Waals surface area contributed by atoms with E-state index in [1.807, 2.05) is 13.8 Å². The molecule has 8 atom stereocenters. The number of rotatable bonds is 6. The predicted molar refractivity (Wildman–Crippen MR) is 122 cm³/mol. The van der Waals surface area contributed by atoms with Crippen molar-refractivity contribution in [3.63, 3.8) is 0 Å². The Balaban J connectivity index is 1.71. The Bertz CT molecular complexity index is 783. The molecule has 4 aliphatic rings. The second kappa shape index (κ2) is 8.38. The van der Waals surface area contributed by atoms with E-state index in [-0.39, 0.29) is 34.3 Å². The minimum atomic E-state index is -3.36. The van der Waals surface area contributed by atoms with Gasteiger partial charge in [0, 0.05) is 5.92 Å². The Morgan fingerprint density at radius 3 is 2.45 bits per heavy atom. The lowest BCUT2D eigenvalue weighted by atomic mass is 9.47. The van der Waals surface area contributed by atoms with Gasteiger partial charge in [0.15, 0.2) is 0 Å². The van der Waals surface area contributed by atoms with Gasteiger partial charge in [0.25, 0.3) is 0 Å². The van der Waals surface area contributed by atoms with Crippen LogP contribution in [0.15, 0.2) is 11.6 Å². The minimum absolute atomic E-state index is 0.132. The second-order valence-electron chi connectivity index (χ2n) is 11.0. The highest BCUT2D eigenvalue weighted by atomic mass is 31.2. The first-order valence-electron chi connectivity index (χ1n) is 12.4. The van der Waals surface area contributed by atoms with Crippen LogP contribution < -0.4 is 0 Å². The average Bonchev–Trinajstić information content (AvgIpc) is 3.03. The van der Waals surface area contributed by atoms with Crippen LogP contribution in [0, 0.1) is 34.5 Å². The molecule has 3 fully saturated rings. The van der Waals surface area contributed by atoms with E-state index in [2.05, 4.69) is 19.9 Å². The lowest BCUT2D eigenvalue weighted by molar-refractivity contribution is -0.127. The van der Waals surface area contributed by atoms with Crippen molar-refractivity contribution < 1.29 is 23.5 Å². The predicted octanol–water partition coefficient (Wildman–Crippen LogP) is 5.76. The zero-order chi connectivity index (χ0) is 22.6. The Morgan fingerprint density at radius 2 is 1.84 bits per heavy atom. The molecule has 4 aliphatic carbocycles. The molecule has 6 heteroatoms. The summed E-state index contributed by atoms with van der Waals surface area (Å²) in [6.45, 7) is 10.7. The molecule has 0 bridgehead atoms. The molecule has 0 amide bonds. The Kier molecular flexibility index (Phi) is 6.40. The van der Waals surface area contributed by atoms with Gasteiger partial charge in [-0.25, -0.2) is 0 Å². The molecule has 0 radical (unpaired) electrons. The molecule has 0 heterocycles. The summed E-state index contributed by atoms with van der Waals surface area (Å²) in [7, 11) is -3.36. The zero-order valence-electron chi connectivity index (χ0n) is 19.9. The van der Waals surface area contributed by atoms with Crippen molar-refractivity contribution in [1.29, 1.82) is 0 Å². The van der Waals surface area contributed by atoms with E-state index in [4.69, 9.17) is 9.05 Å². The maximum absolute atomic E-state index is 13.9. The molecule has 0 unspecified atom stereocenters. The van der Waals surface area contributed by atoms with Gasteiger partial charge in [-0.05, 0) is 94.3 Å². The maximum Gasteiger partial charge on any atom is 0.334 e. The molecule has 0 saturated heterocycles. The van der Waals surface area contributed by atoms with Crippen molar-refractivity contribution in [2.75, 3.05) is 13.2 Å². The van der Waals surface area contributed by atoms with Gasteiger partial charge in [-0.3, -0.25) is 9.36 Å². The fraction of sp³-hybridized carbons (Fsp3) is 0.880. The summed E-state index contributed by atoms with van der Waals surface area (Å²) < 4.78 is 25.4. The maximum atomic E-state index is 13.9. The van der Waals surface area contributed by atoms with Crippen LogP contribution in [-0.2, 0) is 18.4 Å². The summed E-state index contributed by atoms with van der Waals surface area (Å²) in [4.78, 5) is 13.0. The highest BCUT2D eigenvalue weighted by Gasteiger charge is 2.65. The van der Waals surface area contributed by atoms with Crippen molar-refractivity contribution in [2.45, 2.75) is 91.3 Å². The van der Waals surface area contributed by atoms with Crippen molar-refractivity contribution in [3.8, 4) is 0 Å². The normalized spacial score (nSPS) is 44.8. The first-order valence-corrected chi connectivity index (χ1v) is 14.0. The topological polar surface area (TPSA) is 72.8 Å². The van der Waals surface area contributed by atoms with E-state index in [1.165, 1.54) is 5.57 Å². The number of hydrogen-bond donors (Lipinski definition) is 1. The SMILES string of the molecule is CCOP(=O)(OCC)[C@@H]1C[C@H]2[C@@H]3CC=C4C[C@H](O)CC[C@]4(C)[C@H]3CC[C@]2(C)[C@H]1C(C)=O. The molecule has 176 valence electrons. The van der Waals surface area contributed by atoms with Crippen LogP contribution in [0.25, 0.3) is 0 Å². The van der Waals surface area contributed by atoms with Crippen LogP contribution in [0.3, 0.4) is 0 Å². The second-order valence-corrected chi connectivity index (χ2v) is 13.2. The van der Waals surface area contributed by atoms with Crippen molar-refractivity contribution in [2.24, 2.45) is 34.5 Å². The summed E-state index contributed by atoms with van der Waals surface area (Å²) >= 11 is 0. The van der Waals surface area contributed by atoms with E-state index < -0.39 is 7.60 Å². The lowest BCUT2D eigenvalue weighted by Crippen LogP contribution is -2.51. The fourth-order valence-electron chi connectivity index (χ4n) is 8.29. The highest BCUT2D eigenvalue weighted by molar-refractivity contribution is 7.54. The van der Waals surface area contributed by atoms with Gasteiger partial charge in [0.1, 0.15) is 5.78 Å². The van der Waals surface area contributed by atoms with E-state index in [0.29, 0.717) is 31.0 Å². The molecule has 0 aliphatic heterocycles. The van der Waals surface area contributed by atoms with Crippen LogP contribution in [0.2, 0.25) is 0 Å². The first-order chi connectivity index (χ1) is 14.6. The Morgan fingerprint density at radius 1 is 1.16 bits per heavy atom. The highest BCUT2D eigenvalue weighted by Crippen LogP contribution is 2.72. The smallest absolute Gasteiger partial charge is 0.334 e. The van der Waals surface area contributed by atoms with E-state index in [0.717, 1.165) is 44.9 Å². The number of carbonyl (C=O) groups excluding carboxylic acids is 1. The molecule has 0 aromatic heterocycles.